The van der Waals surface area contributed by atoms with Crippen LogP contribution in [-0.4, -0.2) is 21.8 Å². The Labute approximate surface area is 179 Å². The average molecular weight is 443 g/mol. The number of aromatic nitrogens is 2. The van der Waals surface area contributed by atoms with Gasteiger partial charge in [0.05, 0.1) is 19.1 Å². The van der Waals surface area contributed by atoms with Crippen molar-refractivity contribution in [3.63, 3.8) is 0 Å². The fraction of sp³-hybridized carbons (Fsp3) is 0.0909. The second-order valence-corrected chi connectivity index (χ2v) is 7.57. The number of halogens is 3. The van der Waals surface area contributed by atoms with Crippen LogP contribution in [0.2, 0.25) is 0 Å². The number of hydrogen-bond donors (Lipinski definition) is 1. The van der Waals surface area contributed by atoms with Gasteiger partial charge in [0.25, 0.3) is 5.91 Å². The van der Waals surface area contributed by atoms with Gasteiger partial charge in [-0.15, -0.1) is 24.5 Å². The standard InChI is InChI=1S/C22H16F3N3O2S/c23-22(24,25)30-18-7-2-5-16(11-18)15-4-1-6-17(10-15)28-14-26-13-20(28)21(29)27-12-19-8-3-9-31-19/h1-11,13-14H,12H2,(H,27,29). The van der Waals surface area contributed by atoms with E-state index in [4.69, 9.17) is 0 Å². The van der Waals surface area contributed by atoms with Gasteiger partial charge in [0, 0.05) is 10.6 Å². The molecular weight excluding hydrogens is 427 g/mol. The minimum Gasteiger partial charge on any atom is -0.406 e. The van der Waals surface area contributed by atoms with E-state index in [1.807, 2.05) is 17.5 Å². The summed E-state index contributed by atoms with van der Waals surface area (Å²) in [6, 6.07) is 16.7. The third-order valence-corrected chi connectivity index (χ3v) is 5.28. The molecule has 0 radical (unpaired) electrons. The molecule has 0 aliphatic carbocycles. The van der Waals surface area contributed by atoms with Crippen molar-refractivity contribution in [1.82, 2.24) is 14.9 Å². The lowest BCUT2D eigenvalue weighted by molar-refractivity contribution is -0.274. The van der Waals surface area contributed by atoms with E-state index in [9.17, 15) is 18.0 Å². The van der Waals surface area contributed by atoms with E-state index in [0.29, 0.717) is 29.1 Å². The number of nitrogens with one attached hydrogen (secondary N) is 1. The maximum Gasteiger partial charge on any atom is 0.573 e. The molecule has 1 N–H and O–H groups in total. The smallest absolute Gasteiger partial charge is 0.406 e. The molecule has 31 heavy (non-hydrogen) atoms. The summed E-state index contributed by atoms with van der Waals surface area (Å²) in [6.45, 7) is 0.410. The summed E-state index contributed by atoms with van der Waals surface area (Å²) in [5.74, 6) is -0.580. The first-order chi connectivity index (χ1) is 14.9. The van der Waals surface area contributed by atoms with Gasteiger partial charge in [0.15, 0.2) is 0 Å². The minimum absolute atomic E-state index is 0.281. The van der Waals surface area contributed by atoms with E-state index in [-0.39, 0.29) is 11.7 Å². The predicted molar refractivity (Wildman–Crippen MR) is 111 cm³/mol. The predicted octanol–water partition coefficient (Wildman–Crippen LogP) is 5.43. The molecular formula is C22H16F3N3O2S. The first-order valence-electron chi connectivity index (χ1n) is 9.18. The highest BCUT2D eigenvalue weighted by atomic mass is 32.1. The van der Waals surface area contributed by atoms with Crippen LogP contribution < -0.4 is 10.1 Å². The van der Waals surface area contributed by atoms with Gasteiger partial charge in [-0.3, -0.25) is 9.36 Å². The molecule has 0 unspecified atom stereocenters. The molecule has 9 heteroatoms. The van der Waals surface area contributed by atoms with E-state index in [0.717, 1.165) is 4.88 Å². The molecule has 0 atom stereocenters. The number of nitrogens with zero attached hydrogens (tertiary/aromatic N) is 2. The summed E-state index contributed by atoms with van der Waals surface area (Å²) >= 11 is 1.55. The lowest BCUT2D eigenvalue weighted by atomic mass is 10.0. The normalized spacial score (nSPS) is 11.3. The molecule has 0 saturated heterocycles. The van der Waals surface area contributed by atoms with Crippen LogP contribution in [0.15, 0.2) is 78.6 Å². The highest BCUT2D eigenvalue weighted by molar-refractivity contribution is 7.09. The maximum absolute atomic E-state index is 12.6. The molecule has 5 nitrogen and oxygen atoms in total. The van der Waals surface area contributed by atoms with Crippen molar-refractivity contribution in [3.8, 4) is 22.6 Å². The fourth-order valence-electron chi connectivity index (χ4n) is 3.05. The van der Waals surface area contributed by atoms with Gasteiger partial charge in [-0.2, -0.15) is 0 Å². The van der Waals surface area contributed by atoms with Crippen molar-refractivity contribution in [2.24, 2.45) is 0 Å². The monoisotopic (exact) mass is 443 g/mol. The minimum atomic E-state index is -4.76. The molecule has 4 aromatic rings. The van der Waals surface area contributed by atoms with Crippen molar-refractivity contribution < 1.29 is 22.7 Å². The third-order valence-electron chi connectivity index (χ3n) is 4.40. The zero-order valence-electron chi connectivity index (χ0n) is 16.0. The van der Waals surface area contributed by atoms with Gasteiger partial charge in [0.1, 0.15) is 11.4 Å². The van der Waals surface area contributed by atoms with Crippen LogP contribution >= 0.6 is 11.3 Å². The van der Waals surface area contributed by atoms with Gasteiger partial charge in [-0.1, -0.05) is 30.3 Å². The molecule has 0 spiro atoms. The quantitative estimate of drug-likeness (QED) is 0.432. The van der Waals surface area contributed by atoms with Crippen LogP contribution in [0, 0.1) is 0 Å². The summed E-state index contributed by atoms with van der Waals surface area (Å²) in [5.41, 5.74) is 2.22. The molecule has 0 aliphatic rings. The molecule has 0 saturated carbocycles. The number of benzene rings is 2. The van der Waals surface area contributed by atoms with Crippen molar-refractivity contribution in [1.29, 1.82) is 0 Å². The zero-order chi connectivity index (χ0) is 21.8. The Kier molecular flexibility index (Phi) is 5.77. The second kappa shape index (κ2) is 8.65. The van der Waals surface area contributed by atoms with Crippen LogP contribution in [0.3, 0.4) is 0 Å². The number of ether oxygens (including phenoxy) is 1. The van der Waals surface area contributed by atoms with Crippen LogP contribution in [0.5, 0.6) is 5.75 Å². The van der Waals surface area contributed by atoms with E-state index >= 15 is 0 Å². The van der Waals surface area contributed by atoms with Crippen molar-refractivity contribution in [2.75, 3.05) is 0 Å². The van der Waals surface area contributed by atoms with Gasteiger partial charge < -0.3 is 10.1 Å². The summed E-state index contributed by atoms with van der Waals surface area (Å²) in [4.78, 5) is 17.7. The van der Waals surface area contributed by atoms with Crippen molar-refractivity contribution in [3.05, 3.63) is 89.1 Å². The van der Waals surface area contributed by atoms with Crippen molar-refractivity contribution >= 4 is 17.2 Å². The van der Waals surface area contributed by atoms with Crippen LogP contribution in [0.25, 0.3) is 16.8 Å². The second-order valence-electron chi connectivity index (χ2n) is 6.54. The van der Waals surface area contributed by atoms with Crippen LogP contribution in [-0.2, 0) is 6.54 Å². The Balaban J connectivity index is 1.58. The largest absolute Gasteiger partial charge is 0.573 e. The molecule has 158 valence electrons. The first kappa shape index (κ1) is 20.7. The SMILES string of the molecule is O=C(NCc1cccs1)c1cncn1-c1cccc(-c2cccc(OC(F)(F)F)c2)c1. The summed E-state index contributed by atoms with van der Waals surface area (Å²) < 4.78 is 43.2. The summed E-state index contributed by atoms with van der Waals surface area (Å²) in [5, 5.41) is 4.80. The molecule has 2 aromatic carbocycles. The van der Waals surface area contributed by atoms with Crippen molar-refractivity contribution in [2.45, 2.75) is 12.9 Å². The number of rotatable bonds is 6. The van der Waals surface area contributed by atoms with E-state index in [1.165, 1.54) is 30.7 Å². The number of hydrogen-bond acceptors (Lipinski definition) is 4. The number of alkyl halides is 3. The number of thiophene rings is 1. The summed E-state index contributed by atoms with van der Waals surface area (Å²) in [7, 11) is 0. The Hall–Kier alpha value is -3.59. The average Bonchev–Trinajstić information content (AvgIpc) is 3.43. The molecule has 0 aliphatic heterocycles. The van der Waals surface area contributed by atoms with Gasteiger partial charge in [-0.05, 0) is 46.8 Å². The molecule has 0 bridgehead atoms. The maximum atomic E-state index is 12.6. The molecule has 1 amide bonds. The Morgan fingerprint density at radius 1 is 1.06 bits per heavy atom. The van der Waals surface area contributed by atoms with Crippen LogP contribution in [0.4, 0.5) is 13.2 Å². The Bertz CT molecular complexity index is 1190. The highest BCUT2D eigenvalue weighted by Crippen LogP contribution is 2.29. The zero-order valence-corrected chi connectivity index (χ0v) is 16.8. The number of amides is 1. The number of imidazole rings is 1. The van der Waals surface area contributed by atoms with Gasteiger partial charge >= 0.3 is 6.36 Å². The van der Waals surface area contributed by atoms with Crippen LogP contribution in [0.1, 0.15) is 15.4 Å². The van der Waals surface area contributed by atoms with E-state index < -0.39 is 6.36 Å². The molecule has 0 fully saturated rings. The topological polar surface area (TPSA) is 56.2 Å². The van der Waals surface area contributed by atoms with E-state index in [2.05, 4.69) is 15.0 Å². The van der Waals surface area contributed by atoms with Gasteiger partial charge in [0.2, 0.25) is 0 Å². The van der Waals surface area contributed by atoms with Gasteiger partial charge in [-0.25, -0.2) is 4.98 Å². The summed E-state index contributed by atoms with van der Waals surface area (Å²) in [6.07, 6.45) is -1.78. The third kappa shape index (κ3) is 5.13. The number of carbonyl (C=O) groups excluding carboxylic acids is 1. The Morgan fingerprint density at radius 2 is 1.84 bits per heavy atom. The molecule has 2 heterocycles. The lowest BCUT2D eigenvalue weighted by Crippen LogP contribution is -2.24. The Morgan fingerprint density at radius 3 is 2.58 bits per heavy atom. The fourth-order valence-corrected chi connectivity index (χ4v) is 3.69. The van der Waals surface area contributed by atoms with E-state index in [1.54, 1.807) is 46.2 Å². The lowest BCUT2D eigenvalue weighted by Gasteiger charge is -2.12. The number of carbonyl (C=O) groups is 1. The molecule has 2 aromatic heterocycles. The first-order valence-corrected chi connectivity index (χ1v) is 10.1. The molecule has 4 rings (SSSR count). The highest BCUT2D eigenvalue weighted by Gasteiger charge is 2.31.